The second kappa shape index (κ2) is 10.1. The molecule has 0 unspecified atom stereocenters. The molecule has 0 bridgehead atoms. The van der Waals surface area contributed by atoms with Crippen molar-refractivity contribution in [3.05, 3.63) is 0 Å². The summed E-state index contributed by atoms with van der Waals surface area (Å²) in [5.74, 6) is 0. The van der Waals surface area contributed by atoms with Crippen molar-refractivity contribution in [3.8, 4) is 0 Å². The van der Waals surface area contributed by atoms with Crippen molar-refractivity contribution in [3.63, 3.8) is 0 Å². The van der Waals surface area contributed by atoms with Crippen molar-refractivity contribution in [2.24, 2.45) is 0 Å². The number of hydrogen-bond donors (Lipinski definition) is 3. The monoisotopic (exact) mass is 339 g/mol. The van der Waals surface area contributed by atoms with Gasteiger partial charge in [-0.15, -0.1) is 0 Å². The molecular formula is H3F3KO9S3. The van der Waals surface area contributed by atoms with Gasteiger partial charge in [0.05, 0.1) is 0 Å². The van der Waals surface area contributed by atoms with Crippen molar-refractivity contribution < 1.29 is 50.6 Å². The molecule has 9 nitrogen and oxygen atoms in total. The Hall–Kier alpha value is 1.16. The zero-order chi connectivity index (χ0) is 13.5. The normalized spacial score (nSPS) is 10.9. The topological polar surface area (TPSA) is 163 Å². The summed E-state index contributed by atoms with van der Waals surface area (Å²) in [6.07, 6.45) is 0. The molecule has 0 aliphatic carbocycles. The Morgan fingerprint density at radius 2 is 0.562 bits per heavy atom. The minimum Gasteiger partial charge on any atom is -0.260 e. The van der Waals surface area contributed by atoms with Gasteiger partial charge in [0.2, 0.25) is 0 Å². The molecule has 0 saturated heterocycles. The van der Waals surface area contributed by atoms with Crippen LogP contribution in [0.25, 0.3) is 0 Å². The first-order valence-electron chi connectivity index (χ1n) is 2.01. The Bertz CT molecular complexity index is 347. The van der Waals surface area contributed by atoms with Crippen molar-refractivity contribution in [1.82, 2.24) is 0 Å². The summed E-state index contributed by atoms with van der Waals surface area (Å²) in [7, 11) is -15.5. The van der Waals surface area contributed by atoms with E-state index in [1.807, 2.05) is 0 Å². The Morgan fingerprint density at radius 3 is 0.562 bits per heavy atom. The molecular weight excluding hydrogens is 336 g/mol. The summed E-state index contributed by atoms with van der Waals surface area (Å²) in [6.45, 7) is 0. The SMILES string of the molecule is O=S(=O)(O)F.O=S(=O)(O)F.O=S(=O)(O)F.[K]. The van der Waals surface area contributed by atoms with Crippen LogP contribution in [0.15, 0.2) is 0 Å². The second-order valence-corrected chi connectivity index (χ2v) is 3.71. The summed E-state index contributed by atoms with van der Waals surface area (Å²) in [5, 5.41) is 0. The molecule has 97 valence electrons. The summed E-state index contributed by atoms with van der Waals surface area (Å²) >= 11 is 0. The summed E-state index contributed by atoms with van der Waals surface area (Å²) < 4.78 is 102. The molecule has 1 radical (unpaired) electrons. The summed E-state index contributed by atoms with van der Waals surface area (Å²) in [6, 6.07) is 0. The summed E-state index contributed by atoms with van der Waals surface area (Å²) in [5.41, 5.74) is 0. The largest absolute Gasteiger partial charge is 0.435 e. The van der Waals surface area contributed by atoms with Crippen molar-refractivity contribution >= 4 is 82.9 Å². The van der Waals surface area contributed by atoms with Gasteiger partial charge in [0, 0.05) is 51.4 Å². The van der Waals surface area contributed by atoms with Gasteiger partial charge in [-0.05, 0) is 0 Å². The molecule has 0 amide bonds. The molecule has 0 fully saturated rings. The van der Waals surface area contributed by atoms with Crippen LogP contribution in [-0.2, 0) is 31.5 Å². The van der Waals surface area contributed by atoms with E-state index in [2.05, 4.69) is 0 Å². The molecule has 0 saturated carbocycles. The average Bonchev–Trinajstić information content (AvgIpc) is 1.41. The smallest absolute Gasteiger partial charge is 0.260 e. The molecule has 16 heteroatoms. The maximum Gasteiger partial charge on any atom is 0.435 e. The first-order valence-corrected chi connectivity index (χ1v) is 6.03. The van der Waals surface area contributed by atoms with E-state index in [-0.39, 0.29) is 51.4 Å². The number of halogens is 3. The van der Waals surface area contributed by atoms with Crippen LogP contribution in [0, 0.1) is 0 Å². The summed E-state index contributed by atoms with van der Waals surface area (Å²) in [4.78, 5) is 0. The fourth-order valence-corrected chi connectivity index (χ4v) is 0. The average molecular weight is 339 g/mol. The van der Waals surface area contributed by atoms with E-state index in [9.17, 15) is 11.7 Å². The van der Waals surface area contributed by atoms with Crippen LogP contribution in [0.2, 0.25) is 0 Å². The fourth-order valence-electron chi connectivity index (χ4n) is 0. The van der Waals surface area contributed by atoms with Crippen molar-refractivity contribution in [1.29, 1.82) is 0 Å². The van der Waals surface area contributed by atoms with Gasteiger partial charge in [-0.25, -0.2) is 0 Å². The molecule has 16 heavy (non-hydrogen) atoms. The zero-order valence-corrected chi connectivity index (χ0v) is 12.7. The first-order chi connectivity index (χ1) is 6.00. The van der Waals surface area contributed by atoms with Crippen LogP contribution < -0.4 is 0 Å². The van der Waals surface area contributed by atoms with Gasteiger partial charge < -0.3 is 0 Å². The predicted molar refractivity (Wildman–Crippen MR) is 43.7 cm³/mol. The minimum absolute atomic E-state index is 0. The van der Waals surface area contributed by atoms with Gasteiger partial charge >= 0.3 is 31.5 Å². The molecule has 0 aromatic carbocycles. The maximum absolute atomic E-state index is 10.2. The van der Waals surface area contributed by atoms with Crippen LogP contribution in [0.1, 0.15) is 0 Å². The van der Waals surface area contributed by atoms with E-state index in [1.54, 1.807) is 0 Å². The van der Waals surface area contributed by atoms with Crippen LogP contribution >= 0.6 is 0 Å². The van der Waals surface area contributed by atoms with Gasteiger partial charge in [-0.3, -0.25) is 13.7 Å². The van der Waals surface area contributed by atoms with Crippen LogP contribution in [-0.4, -0.2) is 90.3 Å². The van der Waals surface area contributed by atoms with E-state index in [4.69, 9.17) is 38.9 Å². The number of rotatable bonds is 0. The van der Waals surface area contributed by atoms with E-state index in [0.717, 1.165) is 0 Å². The Kier molecular flexibility index (Phi) is 16.4. The van der Waals surface area contributed by atoms with Crippen LogP contribution in [0.4, 0.5) is 11.7 Å². The predicted octanol–water partition coefficient (Wildman–Crippen LogP) is -1.10. The van der Waals surface area contributed by atoms with Crippen molar-refractivity contribution in [2.45, 2.75) is 0 Å². The molecule has 0 aromatic rings. The molecule has 0 atom stereocenters. The number of hydrogen-bond acceptors (Lipinski definition) is 6. The molecule has 3 N–H and O–H groups in total. The third kappa shape index (κ3) is 2270. The van der Waals surface area contributed by atoms with Crippen LogP contribution in [0.5, 0.6) is 0 Å². The standard InChI is InChI=1S/3FHO3S.K/c3*1-5(2,3)4;/h3*(H,2,3,4);. The third-order valence-corrected chi connectivity index (χ3v) is 0. The second-order valence-electron chi connectivity index (χ2n) is 1.24. The van der Waals surface area contributed by atoms with Crippen molar-refractivity contribution in [2.75, 3.05) is 0 Å². The van der Waals surface area contributed by atoms with E-state index < -0.39 is 31.5 Å². The molecule has 0 rings (SSSR count). The fraction of sp³-hybridized carbons (Fsp3) is 0. The molecule has 0 aliphatic heterocycles. The Morgan fingerprint density at radius 1 is 0.562 bits per heavy atom. The maximum atomic E-state index is 10.2. The minimum atomic E-state index is -5.17. The van der Waals surface area contributed by atoms with E-state index in [1.165, 1.54) is 0 Å². The van der Waals surface area contributed by atoms with Gasteiger partial charge in [0.15, 0.2) is 0 Å². The van der Waals surface area contributed by atoms with Crippen LogP contribution in [0.3, 0.4) is 0 Å². The molecule has 0 heterocycles. The third-order valence-electron chi connectivity index (χ3n) is 0. The van der Waals surface area contributed by atoms with Gasteiger partial charge in [-0.2, -0.15) is 25.3 Å². The van der Waals surface area contributed by atoms with E-state index in [0.29, 0.717) is 0 Å². The van der Waals surface area contributed by atoms with Gasteiger partial charge in [0.1, 0.15) is 0 Å². The molecule has 0 aliphatic rings. The first kappa shape index (κ1) is 25.9. The molecule has 0 aromatic heterocycles. The Labute approximate surface area is 132 Å². The van der Waals surface area contributed by atoms with Gasteiger partial charge in [0.25, 0.3) is 0 Å². The zero-order valence-electron chi connectivity index (χ0n) is 7.15. The van der Waals surface area contributed by atoms with Gasteiger partial charge in [-0.1, -0.05) is 11.7 Å². The Balaban J connectivity index is -0.0000000655. The van der Waals surface area contributed by atoms with E-state index >= 15 is 0 Å². The quantitative estimate of drug-likeness (QED) is 0.282. The molecule has 0 spiro atoms.